The van der Waals surface area contributed by atoms with Crippen molar-refractivity contribution in [2.24, 2.45) is 0 Å². The number of carboxylic acids is 1. The van der Waals surface area contributed by atoms with Crippen LogP contribution in [0.2, 0.25) is 0 Å². The number of anilines is 2. The number of aromatic amines is 1. The first-order valence-electron chi connectivity index (χ1n) is 9.20. The number of aliphatic carboxylic acids is 1. The fourth-order valence-electron chi connectivity index (χ4n) is 2.71. The van der Waals surface area contributed by atoms with E-state index in [2.05, 4.69) is 30.6 Å². The number of fused-ring (bicyclic) bond motifs is 1. The largest absolute Gasteiger partial charge is 0.481 e. The Kier molecular flexibility index (Phi) is 6.20. The lowest BCUT2D eigenvalue weighted by Crippen LogP contribution is -2.32. The Labute approximate surface area is 170 Å². The first-order valence-corrected chi connectivity index (χ1v) is 9.20. The van der Waals surface area contributed by atoms with Crippen LogP contribution in [0.1, 0.15) is 35.8 Å². The van der Waals surface area contributed by atoms with E-state index in [4.69, 9.17) is 10.8 Å². The number of nitrogens with one attached hydrogen (secondary N) is 3. The van der Waals surface area contributed by atoms with Crippen molar-refractivity contribution < 1.29 is 14.7 Å². The van der Waals surface area contributed by atoms with Gasteiger partial charge in [-0.1, -0.05) is 0 Å². The predicted octanol–water partition coefficient (Wildman–Crippen LogP) is 0.891. The molecule has 0 saturated carbocycles. The van der Waals surface area contributed by atoms with E-state index in [1.165, 1.54) is 6.20 Å². The minimum Gasteiger partial charge on any atom is -0.481 e. The molecule has 0 fully saturated rings. The van der Waals surface area contributed by atoms with Crippen LogP contribution >= 0.6 is 0 Å². The molecule has 2 aromatic heterocycles. The Morgan fingerprint density at radius 1 is 1.23 bits per heavy atom. The van der Waals surface area contributed by atoms with E-state index in [9.17, 15) is 14.4 Å². The van der Waals surface area contributed by atoms with Crippen molar-refractivity contribution in [3.05, 3.63) is 52.1 Å². The van der Waals surface area contributed by atoms with Crippen LogP contribution in [0.15, 0.2) is 35.3 Å². The molecule has 3 aromatic rings. The quantitative estimate of drug-likeness (QED) is 0.360. The summed E-state index contributed by atoms with van der Waals surface area (Å²) >= 11 is 0. The number of hydrogen-bond donors (Lipinski definition) is 5. The Morgan fingerprint density at radius 3 is 2.67 bits per heavy atom. The predicted molar refractivity (Wildman–Crippen MR) is 110 cm³/mol. The van der Waals surface area contributed by atoms with Gasteiger partial charge in [-0.2, -0.15) is 4.98 Å². The summed E-state index contributed by atoms with van der Waals surface area (Å²) in [4.78, 5) is 49.4. The van der Waals surface area contributed by atoms with Gasteiger partial charge >= 0.3 is 5.97 Å². The van der Waals surface area contributed by atoms with Crippen LogP contribution in [0.25, 0.3) is 11.2 Å². The number of nitrogens with two attached hydrogens (primary N) is 1. The van der Waals surface area contributed by atoms with Crippen molar-refractivity contribution in [1.82, 2.24) is 25.3 Å². The molecule has 1 amide bonds. The third-order valence-electron chi connectivity index (χ3n) is 4.28. The summed E-state index contributed by atoms with van der Waals surface area (Å²) in [5.41, 5.74) is 7.05. The van der Waals surface area contributed by atoms with Gasteiger partial charge in [-0.25, -0.2) is 9.97 Å². The number of nitrogen functional groups attached to an aromatic ring is 1. The summed E-state index contributed by atoms with van der Waals surface area (Å²) in [6.07, 6.45) is 1.86. The van der Waals surface area contributed by atoms with Crippen LogP contribution in [0.4, 0.5) is 11.6 Å². The number of benzene rings is 1. The minimum atomic E-state index is -0.896. The SMILES string of the molecule is CC(CCC(=O)O)NC(=O)c1ccc(NCc2cnc3nc(N)[nH]c(=O)c3n2)cc1. The van der Waals surface area contributed by atoms with Gasteiger partial charge in [-0.15, -0.1) is 0 Å². The van der Waals surface area contributed by atoms with Gasteiger partial charge in [0.05, 0.1) is 18.4 Å². The molecule has 0 spiro atoms. The molecule has 1 unspecified atom stereocenters. The maximum absolute atomic E-state index is 12.2. The number of carbonyl (C=O) groups is 2. The molecule has 0 saturated heterocycles. The Morgan fingerprint density at radius 2 is 1.97 bits per heavy atom. The van der Waals surface area contributed by atoms with Gasteiger partial charge in [0.1, 0.15) is 0 Å². The van der Waals surface area contributed by atoms with E-state index in [0.717, 1.165) is 5.69 Å². The van der Waals surface area contributed by atoms with Gasteiger partial charge in [0.15, 0.2) is 11.2 Å². The second-order valence-corrected chi connectivity index (χ2v) is 6.72. The van der Waals surface area contributed by atoms with Crippen LogP contribution in [0.5, 0.6) is 0 Å². The monoisotopic (exact) mass is 411 g/mol. The van der Waals surface area contributed by atoms with Gasteiger partial charge in [0.25, 0.3) is 11.5 Å². The molecule has 0 radical (unpaired) electrons. The second kappa shape index (κ2) is 8.99. The van der Waals surface area contributed by atoms with E-state index in [1.54, 1.807) is 31.2 Å². The third-order valence-corrected chi connectivity index (χ3v) is 4.28. The number of H-pyrrole nitrogens is 1. The van der Waals surface area contributed by atoms with E-state index >= 15 is 0 Å². The number of carbonyl (C=O) groups excluding carboxylic acids is 1. The summed E-state index contributed by atoms with van der Waals surface area (Å²) in [6.45, 7) is 2.07. The Bertz CT molecular complexity index is 1130. The first kappa shape index (κ1) is 20.7. The highest BCUT2D eigenvalue weighted by molar-refractivity contribution is 5.94. The van der Waals surface area contributed by atoms with Gasteiger partial charge in [0.2, 0.25) is 5.95 Å². The Hall–Kier alpha value is -4.02. The third kappa shape index (κ3) is 5.28. The highest BCUT2D eigenvalue weighted by atomic mass is 16.4. The van der Waals surface area contributed by atoms with Crippen LogP contribution in [-0.2, 0) is 11.3 Å². The van der Waals surface area contributed by atoms with Gasteiger partial charge < -0.3 is 21.5 Å². The molecule has 6 N–H and O–H groups in total. The standard InChI is InChI=1S/C19H21N7O4/c1-10(2-7-14(27)28)23-17(29)11-3-5-12(6-4-11)21-8-13-9-22-16-15(24-13)18(30)26-19(20)25-16/h3-6,9-10,21H,2,7-8H2,1H3,(H,23,29)(H,27,28)(H3,20,22,25,26,30). The van der Waals surface area contributed by atoms with Crippen LogP contribution in [0, 0.1) is 0 Å². The van der Waals surface area contributed by atoms with Crippen molar-refractivity contribution in [3.8, 4) is 0 Å². The lowest BCUT2D eigenvalue weighted by atomic mass is 10.1. The minimum absolute atomic E-state index is 0.00269. The van der Waals surface area contributed by atoms with E-state index in [0.29, 0.717) is 24.2 Å². The molecule has 1 aromatic carbocycles. The first-order chi connectivity index (χ1) is 14.3. The Balaban J connectivity index is 1.59. The van der Waals surface area contributed by atoms with Crippen LogP contribution in [-0.4, -0.2) is 43.0 Å². The second-order valence-electron chi connectivity index (χ2n) is 6.72. The number of rotatable bonds is 8. The van der Waals surface area contributed by atoms with Crippen LogP contribution in [0.3, 0.4) is 0 Å². The maximum Gasteiger partial charge on any atom is 0.303 e. The molecule has 0 aliphatic rings. The molecule has 30 heavy (non-hydrogen) atoms. The van der Waals surface area contributed by atoms with E-state index in [1.807, 2.05) is 0 Å². The molecule has 0 bridgehead atoms. The number of hydrogen-bond acceptors (Lipinski definition) is 8. The molecule has 11 heteroatoms. The average molecular weight is 411 g/mol. The fraction of sp³-hybridized carbons (Fsp3) is 0.263. The number of amides is 1. The zero-order chi connectivity index (χ0) is 21.7. The van der Waals surface area contributed by atoms with Gasteiger partial charge in [0, 0.05) is 23.7 Å². The summed E-state index contributed by atoms with van der Waals surface area (Å²) in [7, 11) is 0. The van der Waals surface area contributed by atoms with Crippen LogP contribution < -0.4 is 21.9 Å². The summed E-state index contributed by atoms with van der Waals surface area (Å²) in [5.74, 6) is -1.19. The molecule has 2 heterocycles. The zero-order valence-electron chi connectivity index (χ0n) is 16.2. The highest BCUT2D eigenvalue weighted by Gasteiger charge is 2.11. The van der Waals surface area contributed by atoms with Crippen molar-refractivity contribution >= 4 is 34.7 Å². The van der Waals surface area contributed by atoms with Gasteiger partial charge in [-0.3, -0.25) is 19.4 Å². The van der Waals surface area contributed by atoms with Crippen molar-refractivity contribution in [3.63, 3.8) is 0 Å². The lowest BCUT2D eigenvalue weighted by Gasteiger charge is -2.13. The number of nitrogens with zero attached hydrogens (tertiary/aromatic N) is 3. The van der Waals surface area contributed by atoms with Crippen molar-refractivity contribution in [2.45, 2.75) is 32.4 Å². The summed E-state index contributed by atoms with van der Waals surface area (Å²) in [6, 6.07) is 6.54. The highest BCUT2D eigenvalue weighted by Crippen LogP contribution is 2.12. The number of aromatic nitrogens is 4. The summed E-state index contributed by atoms with van der Waals surface area (Å²) < 4.78 is 0. The molecular weight excluding hydrogens is 390 g/mol. The molecule has 0 aliphatic heterocycles. The topological polar surface area (TPSA) is 176 Å². The molecule has 0 aliphatic carbocycles. The van der Waals surface area contributed by atoms with Crippen molar-refractivity contribution in [2.75, 3.05) is 11.1 Å². The zero-order valence-corrected chi connectivity index (χ0v) is 16.2. The molecular formula is C19H21N7O4. The molecule has 3 rings (SSSR count). The number of carboxylic acid groups (broad SMARTS) is 1. The fourth-order valence-corrected chi connectivity index (χ4v) is 2.71. The van der Waals surface area contributed by atoms with E-state index < -0.39 is 11.5 Å². The molecule has 1 atom stereocenters. The van der Waals surface area contributed by atoms with Crippen molar-refractivity contribution in [1.29, 1.82) is 0 Å². The normalized spacial score (nSPS) is 11.8. The maximum atomic E-state index is 12.2. The van der Waals surface area contributed by atoms with Gasteiger partial charge in [-0.05, 0) is 37.6 Å². The average Bonchev–Trinajstić information content (AvgIpc) is 2.71. The molecule has 156 valence electrons. The summed E-state index contributed by atoms with van der Waals surface area (Å²) in [5, 5.41) is 14.6. The lowest BCUT2D eigenvalue weighted by molar-refractivity contribution is -0.137. The smallest absolute Gasteiger partial charge is 0.303 e. The molecule has 11 nitrogen and oxygen atoms in total. The van der Waals surface area contributed by atoms with E-state index in [-0.39, 0.29) is 35.5 Å².